The third-order valence-electron chi connectivity index (χ3n) is 2.38. The van der Waals surface area contributed by atoms with Crippen molar-refractivity contribution in [2.75, 3.05) is 20.1 Å². The van der Waals surface area contributed by atoms with E-state index in [0.717, 1.165) is 18.7 Å². The van der Waals surface area contributed by atoms with Gasteiger partial charge in [0.05, 0.1) is 0 Å². The number of likely N-dealkylation sites (N-methyl/N-ethyl adjacent to an activating group) is 1. The van der Waals surface area contributed by atoms with Gasteiger partial charge in [0.1, 0.15) is 0 Å². The molecule has 0 bridgehead atoms. The number of amides is 1. The van der Waals surface area contributed by atoms with E-state index in [-0.39, 0.29) is 5.91 Å². The van der Waals surface area contributed by atoms with Crippen molar-refractivity contribution in [1.29, 1.82) is 0 Å². The van der Waals surface area contributed by atoms with Gasteiger partial charge in [0, 0.05) is 25.8 Å². The smallest absolute Gasteiger partial charge is 0.246 e. The Kier molecular flexibility index (Phi) is 3.51. The fourth-order valence-electron chi connectivity index (χ4n) is 1.43. The monoisotopic (exact) mass is 192 g/mol. The molecule has 0 aromatic rings. The van der Waals surface area contributed by atoms with Crippen LogP contribution in [-0.2, 0) is 4.79 Å². The Balaban J connectivity index is 2.59. The van der Waals surface area contributed by atoms with Crippen molar-refractivity contribution in [1.82, 2.24) is 10.2 Å². The third-order valence-corrected chi connectivity index (χ3v) is 2.38. The third kappa shape index (κ3) is 2.25. The van der Waals surface area contributed by atoms with Gasteiger partial charge >= 0.3 is 0 Å². The van der Waals surface area contributed by atoms with Gasteiger partial charge in [-0.1, -0.05) is 19.2 Å². The second-order valence-corrected chi connectivity index (χ2v) is 3.20. The molecule has 1 aliphatic heterocycles. The van der Waals surface area contributed by atoms with Crippen LogP contribution in [0.4, 0.5) is 0 Å². The van der Waals surface area contributed by atoms with Crippen molar-refractivity contribution >= 4 is 5.91 Å². The first-order valence-electron chi connectivity index (χ1n) is 4.66. The van der Waals surface area contributed by atoms with Crippen molar-refractivity contribution in [2.24, 2.45) is 0 Å². The van der Waals surface area contributed by atoms with E-state index in [9.17, 15) is 4.79 Å². The largest absolute Gasteiger partial charge is 0.388 e. The predicted molar refractivity (Wildman–Crippen MR) is 57.7 cm³/mol. The van der Waals surface area contributed by atoms with E-state index >= 15 is 0 Å². The Hall–Kier alpha value is -1.51. The number of nitrogens with one attached hydrogen (secondary N) is 1. The van der Waals surface area contributed by atoms with Crippen molar-refractivity contribution in [3.8, 4) is 0 Å². The molecule has 0 fully saturated rings. The molecule has 1 heterocycles. The molecule has 0 atom stereocenters. The minimum absolute atomic E-state index is 0.00429. The molecule has 0 saturated carbocycles. The normalized spacial score (nSPS) is 15.8. The van der Waals surface area contributed by atoms with Crippen LogP contribution in [0.5, 0.6) is 0 Å². The van der Waals surface area contributed by atoms with Crippen LogP contribution in [0.25, 0.3) is 0 Å². The first-order valence-corrected chi connectivity index (χ1v) is 4.66. The van der Waals surface area contributed by atoms with Gasteiger partial charge in [0.25, 0.3) is 0 Å². The summed E-state index contributed by atoms with van der Waals surface area (Å²) in [6, 6.07) is 0. The van der Waals surface area contributed by atoms with Crippen molar-refractivity contribution < 1.29 is 4.79 Å². The molecular weight excluding hydrogens is 176 g/mol. The van der Waals surface area contributed by atoms with E-state index in [4.69, 9.17) is 0 Å². The molecule has 0 aromatic heterocycles. The molecule has 14 heavy (non-hydrogen) atoms. The first-order chi connectivity index (χ1) is 6.69. The molecule has 0 aliphatic carbocycles. The summed E-state index contributed by atoms with van der Waals surface area (Å²) in [7, 11) is 1.85. The zero-order valence-electron chi connectivity index (χ0n) is 8.55. The van der Waals surface area contributed by atoms with Crippen LogP contribution >= 0.6 is 0 Å². The Bertz CT molecular complexity index is 292. The second kappa shape index (κ2) is 4.65. The molecule has 1 aliphatic rings. The first kappa shape index (κ1) is 10.6. The molecule has 0 aromatic carbocycles. The van der Waals surface area contributed by atoms with Crippen LogP contribution < -0.4 is 5.32 Å². The van der Waals surface area contributed by atoms with E-state index < -0.39 is 0 Å². The maximum Gasteiger partial charge on any atom is 0.246 e. The minimum atomic E-state index is -0.00429. The summed E-state index contributed by atoms with van der Waals surface area (Å²) >= 11 is 0. The van der Waals surface area contributed by atoms with Gasteiger partial charge in [-0.2, -0.15) is 0 Å². The lowest BCUT2D eigenvalue weighted by Gasteiger charge is -2.26. The SMILES string of the molecule is C=CC(=O)N1CC=C(C(=C)NC)CC1. The summed E-state index contributed by atoms with van der Waals surface area (Å²) in [5, 5.41) is 3.01. The highest BCUT2D eigenvalue weighted by Crippen LogP contribution is 2.15. The van der Waals surface area contributed by atoms with Crippen molar-refractivity contribution in [3.05, 3.63) is 36.6 Å². The number of hydrogen-bond acceptors (Lipinski definition) is 2. The van der Waals surface area contributed by atoms with E-state index in [1.165, 1.54) is 11.6 Å². The molecule has 1 N–H and O–H groups in total. The standard InChI is InChI=1S/C11H16N2O/c1-4-11(14)13-7-5-10(6-8-13)9(2)12-3/h4-5,12H,1-2,6-8H2,3H3. The molecule has 3 heteroatoms. The van der Waals surface area contributed by atoms with Crippen LogP contribution in [-0.4, -0.2) is 30.9 Å². The molecule has 3 nitrogen and oxygen atoms in total. The van der Waals surface area contributed by atoms with Gasteiger partial charge in [-0.05, 0) is 18.1 Å². The van der Waals surface area contributed by atoms with Crippen molar-refractivity contribution in [2.45, 2.75) is 6.42 Å². The Morgan fingerprint density at radius 1 is 1.71 bits per heavy atom. The summed E-state index contributed by atoms with van der Waals surface area (Å²) in [4.78, 5) is 13.0. The quantitative estimate of drug-likeness (QED) is 0.678. The van der Waals surface area contributed by atoms with Crippen LogP contribution in [0.1, 0.15) is 6.42 Å². The maximum atomic E-state index is 11.3. The topological polar surface area (TPSA) is 32.3 Å². The highest BCUT2D eigenvalue weighted by atomic mass is 16.2. The van der Waals surface area contributed by atoms with Crippen LogP contribution in [0.15, 0.2) is 36.6 Å². The fraction of sp³-hybridized carbons (Fsp3) is 0.364. The second-order valence-electron chi connectivity index (χ2n) is 3.20. The van der Waals surface area contributed by atoms with Gasteiger partial charge < -0.3 is 10.2 Å². The Morgan fingerprint density at radius 3 is 2.86 bits per heavy atom. The minimum Gasteiger partial charge on any atom is -0.388 e. The molecule has 0 saturated heterocycles. The number of allylic oxidation sites excluding steroid dienone is 1. The number of hydrogen-bond donors (Lipinski definition) is 1. The lowest BCUT2D eigenvalue weighted by atomic mass is 10.1. The van der Waals surface area contributed by atoms with Gasteiger partial charge in [-0.15, -0.1) is 0 Å². The van der Waals surface area contributed by atoms with E-state index in [1.807, 2.05) is 13.1 Å². The van der Waals surface area contributed by atoms with Crippen LogP contribution in [0.3, 0.4) is 0 Å². The van der Waals surface area contributed by atoms with E-state index in [2.05, 4.69) is 18.5 Å². The maximum absolute atomic E-state index is 11.3. The van der Waals surface area contributed by atoms with Gasteiger partial charge in [0.15, 0.2) is 0 Å². The van der Waals surface area contributed by atoms with Crippen LogP contribution in [0.2, 0.25) is 0 Å². The van der Waals surface area contributed by atoms with Gasteiger partial charge in [-0.3, -0.25) is 4.79 Å². The lowest BCUT2D eigenvalue weighted by Crippen LogP contribution is -2.34. The molecular formula is C11H16N2O. The summed E-state index contributed by atoms with van der Waals surface area (Å²) < 4.78 is 0. The van der Waals surface area contributed by atoms with Crippen molar-refractivity contribution in [3.63, 3.8) is 0 Å². The summed E-state index contributed by atoms with van der Waals surface area (Å²) in [6.45, 7) is 8.75. The molecule has 1 amide bonds. The molecule has 0 spiro atoms. The number of carbonyl (C=O) groups is 1. The fourth-order valence-corrected chi connectivity index (χ4v) is 1.43. The summed E-state index contributed by atoms with van der Waals surface area (Å²) in [5.41, 5.74) is 2.14. The highest BCUT2D eigenvalue weighted by molar-refractivity contribution is 5.87. The number of rotatable bonds is 3. The average molecular weight is 192 g/mol. The molecule has 1 rings (SSSR count). The van der Waals surface area contributed by atoms with Gasteiger partial charge in [0.2, 0.25) is 5.91 Å². The van der Waals surface area contributed by atoms with Crippen LogP contribution in [0, 0.1) is 0 Å². The molecule has 76 valence electrons. The van der Waals surface area contributed by atoms with E-state index in [1.54, 1.807) is 4.90 Å². The molecule has 0 unspecified atom stereocenters. The lowest BCUT2D eigenvalue weighted by molar-refractivity contribution is -0.125. The number of carbonyl (C=O) groups excluding carboxylic acids is 1. The Labute approximate surface area is 84.8 Å². The summed E-state index contributed by atoms with van der Waals surface area (Å²) in [6.07, 6.45) is 4.24. The Morgan fingerprint density at radius 2 is 2.43 bits per heavy atom. The molecule has 0 radical (unpaired) electrons. The number of nitrogens with zero attached hydrogens (tertiary/aromatic N) is 1. The predicted octanol–water partition coefficient (Wildman–Crippen LogP) is 1.06. The zero-order chi connectivity index (χ0) is 10.6. The zero-order valence-corrected chi connectivity index (χ0v) is 8.55. The summed E-state index contributed by atoms with van der Waals surface area (Å²) in [5.74, 6) is -0.00429. The highest BCUT2D eigenvalue weighted by Gasteiger charge is 2.15. The van der Waals surface area contributed by atoms with E-state index in [0.29, 0.717) is 6.54 Å². The average Bonchev–Trinajstić information content (AvgIpc) is 2.27. The van der Waals surface area contributed by atoms with Gasteiger partial charge in [-0.25, -0.2) is 0 Å².